The van der Waals surface area contributed by atoms with E-state index in [9.17, 15) is 13.2 Å². The average Bonchev–Trinajstić information content (AvgIpc) is 2.56. The zero-order chi connectivity index (χ0) is 12.3. The summed E-state index contributed by atoms with van der Waals surface area (Å²) < 4.78 is 42.7. The van der Waals surface area contributed by atoms with Gasteiger partial charge in [-0.15, -0.1) is 0 Å². The molecule has 0 bridgehead atoms. The van der Waals surface area contributed by atoms with E-state index in [0.29, 0.717) is 6.61 Å². The van der Waals surface area contributed by atoms with Gasteiger partial charge in [-0.05, 0) is 30.7 Å². The van der Waals surface area contributed by atoms with Gasteiger partial charge in [0, 0.05) is 6.54 Å². The first-order chi connectivity index (χ1) is 8.07. The third-order valence-corrected chi connectivity index (χ3v) is 2.79. The smallest absolute Gasteiger partial charge is 0.372 e. The van der Waals surface area contributed by atoms with Crippen LogP contribution in [0.5, 0.6) is 0 Å². The summed E-state index contributed by atoms with van der Waals surface area (Å²) in [5.74, 6) is 0. The van der Waals surface area contributed by atoms with Crippen LogP contribution in [0.15, 0.2) is 24.3 Å². The van der Waals surface area contributed by atoms with Crippen LogP contribution >= 0.6 is 0 Å². The normalized spacial score (nSPS) is 22.2. The zero-order valence-electron chi connectivity index (χ0n) is 9.26. The average molecular weight is 245 g/mol. The third-order valence-electron chi connectivity index (χ3n) is 2.79. The molecular weight excluding hydrogens is 231 g/mol. The number of benzene rings is 1. The van der Waals surface area contributed by atoms with Crippen LogP contribution in [0.3, 0.4) is 0 Å². The molecule has 94 valence electrons. The molecule has 0 aromatic heterocycles. The van der Waals surface area contributed by atoms with Crippen molar-refractivity contribution in [1.29, 1.82) is 0 Å². The Morgan fingerprint density at radius 2 is 1.82 bits per heavy atom. The third kappa shape index (κ3) is 3.20. The quantitative estimate of drug-likeness (QED) is 0.821. The van der Waals surface area contributed by atoms with E-state index >= 15 is 0 Å². The van der Waals surface area contributed by atoms with Gasteiger partial charge in [-0.1, -0.05) is 12.1 Å². The minimum absolute atomic E-state index is 0.104. The highest BCUT2D eigenvalue weighted by molar-refractivity contribution is 5.26. The van der Waals surface area contributed by atoms with Gasteiger partial charge in [-0.3, -0.25) is 0 Å². The molecule has 17 heavy (non-hydrogen) atoms. The summed E-state index contributed by atoms with van der Waals surface area (Å²) >= 11 is 0. The molecule has 0 amide bonds. The molecule has 2 rings (SSSR count). The molecule has 1 aliphatic heterocycles. The van der Waals surface area contributed by atoms with Crippen LogP contribution in [0.1, 0.15) is 23.7 Å². The summed E-state index contributed by atoms with van der Waals surface area (Å²) in [6, 6.07) is 5.21. The van der Waals surface area contributed by atoms with Gasteiger partial charge in [0.05, 0.1) is 18.3 Å². The zero-order valence-corrected chi connectivity index (χ0v) is 9.26. The number of halogens is 3. The van der Waals surface area contributed by atoms with E-state index in [4.69, 9.17) is 4.74 Å². The standard InChI is InChI=1S/C12H14F3NO/c13-12(14,15)10-3-1-9(2-4-10)11-5-6-16-7-8-17-11/h1-4,11,16H,5-8H2. The molecule has 0 radical (unpaired) electrons. The first-order valence-corrected chi connectivity index (χ1v) is 5.57. The van der Waals surface area contributed by atoms with E-state index in [2.05, 4.69) is 5.32 Å². The van der Waals surface area contributed by atoms with Crippen LogP contribution in [-0.4, -0.2) is 19.7 Å². The number of alkyl halides is 3. The Bertz CT molecular complexity index is 353. The molecule has 0 aliphatic carbocycles. The first kappa shape index (κ1) is 12.4. The van der Waals surface area contributed by atoms with Crippen molar-refractivity contribution in [2.24, 2.45) is 0 Å². The van der Waals surface area contributed by atoms with Gasteiger partial charge >= 0.3 is 6.18 Å². The topological polar surface area (TPSA) is 21.3 Å². The molecule has 2 nitrogen and oxygen atoms in total. The van der Waals surface area contributed by atoms with Crippen molar-refractivity contribution < 1.29 is 17.9 Å². The summed E-state index contributed by atoms with van der Waals surface area (Å²) in [7, 11) is 0. The molecule has 0 saturated carbocycles. The molecule has 0 spiro atoms. The fourth-order valence-corrected chi connectivity index (χ4v) is 1.86. The van der Waals surface area contributed by atoms with Crippen molar-refractivity contribution in [1.82, 2.24) is 5.32 Å². The molecule has 1 atom stereocenters. The molecule has 1 N–H and O–H groups in total. The second kappa shape index (κ2) is 5.06. The highest BCUT2D eigenvalue weighted by Crippen LogP contribution is 2.31. The van der Waals surface area contributed by atoms with Crippen LogP contribution < -0.4 is 5.32 Å². The van der Waals surface area contributed by atoms with Crippen LogP contribution in [0.25, 0.3) is 0 Å². The van der Waals surface area contributed by atoms with Gasteiger partial charge < -0.3 is 10.1 Å². The van der Waals surface area contributed by atoms with Gasteiger partial charge in [-0.2, -0.15) is 13.2 Å². The number of hydrogen-bond donors (Lipinski definition) is 1. The fraction of sp³-hybridized carbons (Fsp3) is 0.500. The predicted octanol–water partition coefficient (Wildman–Crippen LogP) is 2.76. The largest absolute Gasteiger partial charge is 0.416 e. The monoisotopic (exact) mass is 245 g/mol. The summed E-state index contributed by atoms with van der Waals surface area (Å²) in [4.78, 5) is 0. The van der Waals surface area contributed by atoms with Crippen LogP contribution in [0.4, 0.5) is 13.2 Å². The van der Waals surface area contributed by atoms with E-state index in [-0.39, 0.29) is 6.10 Å². The van der Waals surface area contributed by atoms with Gasteiger partial charge in [0.1, 0.15) is 0 Å². The number of ether oxygens (including phenoxy) is 1. The maximum atomic E-state index is 12.4. The van der Waals surface area contributed by atoms with Gasteiger partial charge in [0.15, 0.2) is 0 Å². The Kier molecular flexibility index (Phi) is 3.69. The van der Waals surface area contributed by atoms with Crippen LogP contribution in [0.2, 0.25) is 0 Å². The lowest BCUT2D eigenvalue weighted by molar-refractivity contribution is -0.137. The van der Waals surface area contributed by atoms with Crippen molar-refractivity contribution in [2.45, 2.75) is 18.7 Å². The summed E-state index contributed by atoms with van der Waals surface area (Å²) in [5.41, 5.74) is 0.190. The Balaban J connectivity index is 2.11. The Hall–Kier alpha value is -1.07. The van der Waals surface area contributed by atoms with Crippen molar-refractivity contribution in [3.8, 4) is 0 Å². The molecule has 1 unspecified atom stereocenters. The van der Waals surface area contributed by atoms with Gasteiger partial charge in [0.25, 0.3) is 0 Å². The predicted molar refractivity (Wildman–Crippen MR) is 57.6 cm³/mol. The van der Waals surface area contributed by atoms with E-state index in [1.807, 2.05) is 0 Å². The second-order valence-corrected chi connectivity index (χ2v) is 4.02. The first-order valence-electron chi connectivity index (χ1n) is 5.57. The summed E-state index contributed by atoms with van der Waals surface area (Å²) in [6.07, 6.45) is -3.59. The fourth-order valence-electron chi connectivity index (χ4n) is 1.86. The Morgan fingerprint density at radius 1 is 1.12 bits per heavy atom. The van der Waals surface area contributed by atoms with E-state index in [1.165, 1.54) is 12.1 Å². The molecule has 1 fully saturated rings. The second-order valence-electron chi connectivity index (χ2n) is 4.02. The molecule has 1 aromatic rings. The molecular formula is C12H14F3NO. The SMILES string of the molecule is FC(F)(F)c1ccc(C2CCNCCO2)cc1. The van der Waals surface area contributed by atoms with Crippen molar-refractivity contribution in [3.63, 3.8) is 0 Å². The van der Waals surface area contributed by atoms with Crippen molar-refractivity contribution in [3.05, 3.63) is 35.4 Å². The van der Waals surface area contributed by atoms with Gasteiger partial charge in [0.2, 0.25) is 0 Å². The molecule has 5 heteroatoms. The summed E-state index contributed by atoms with van der Waals surface area (Å²) in [5, 5.41) is 3.18. The number of rotatable bonds is 1. The van der Waals surface area contributed by atoms with E-state index in [1.54, 1.807) is 0 Å². The Labute approximate surface area is 97.8 Å². The summed E-state index contributed by atoms with van der Waals surface area (Å²) in [6.45, 7) is 2.20. The molecule has 1 aliphatic rings. The van der Waals surface area contributed by atoms with Crippen molar-refractivity contribution in [2.75, 3.05) is 19.7 Å². The Morgan fingerprint density at radius 3 is 2.47 bits per heavy atom. The number of hydrogen-bond acceptors (Lipinski definition) is 2. The molecule has 1 heterocycles. The minimum Gasteiger partial charge on any atom is -0.372 e. The maximum Gasteiger partial charge on any atom is 0.416 e. The van der Waals surface area contributed by atoms with E-state index in [0.717, 1.165) is 37.2 Å². The minimum atomic E-state index is -4.27. The van der Waals surface area contributed by atoms with Crippen LogP contribution in [-0.2, 0) is 10.9 Å². The highest BCUT2D eigenvalue weighted by Gasteiger charge is 2.30. The molecule has 1 aromatic carbocycles. The maximum absolute atomic E-state index is 12.4. The lowest BCUT2D eigenvalue weighted by atomic mass is 10.0. The number of nitrogens with one attached hydrogen (secondary N) is 1. The lowest BCUT2D eigenvalue weighted by Crippen LogP contribution is -2.16. The van der Waals surface area contributed by atoms with Crippen LogP contribution in [0, 0.1) is 0 Å². The highest BCUT2D eigenvalue weighted by atomic mass is 19.4. The van der Waals surface area contributed by atoms with E-state index < -0.39 is 11.7 Å². The molecule has 1 saturated heterocycles. The van der Waals surface area contributed by atoms with Crippen molar-refractivity contribution >= 4 is 0 Å². The lowest BCUT2D eigenvalue weighted by Gasteiger charge is -2.15. The van der Waals surface area contributed by atoms with Gasteiger partial charge in [-0.25, -0.2) is 0 Å².